The van der Waals surface area contributed by atoms with Crippen LogP contribution in [0.25, 0.3) is 5.65 Å². The van der Waals surface area contributed by atoms with Gasteiger partial charge in [-0.1, -0.05) is 0 Å². The largest absolute Gasteiger partial charge is 0.471 e. The van der Waals surface area contributed by atoms with E-state index in [4.69, 9.17) is 15.5 Å². The molecule has 3 N–H and O–H groups in total. The Kier molecular flexibility index (Phi) is 6.61. The Balaban J connectivity index is 1.34. The van der Waals surface area contributed by atoms with E-state index >= 15 is 0 Å². The molecule has 1 saturated heterocycles. The number of hydrogen-bond donors (Lipinski definition) is 2. The third-order valence-electron chi connectivity index (χ3n) is 7.01. The minimum Gasteiger partial charge on any atom is -0.471 e. The van der Waals surface area contributed by atoms with E-state index in [1.54, 1.807) is 23.0 Å². The number of aromatic nitrogens is 4. The molecule has 0 aliphatic carbocycles. The van der Waals surface area contributed by atoms with Crippen molar-refractivity contribution in [3.05, 3.63) is 47.5 Å². The minimum absolute atomic E-state index is 0.263. The fraction of sp³-hybridized carbons (Fsp3) is 0.500. The predicted molar refractivity (Wildman–Crippen MR) is 135 cm³/mol. The second-order valence-corrected chi connectivity index (χ2v) is 10.5. The number of aryl methyl sites for hydroxylation is 1. The van der Waals surface area contributed by atoms with Crippen molar-refractivity contribution in [1.29, 1.82) is 0 Å². The number of nitrogens with zero attached hydrogens (tertiary/aromatic N) is 5. The second kappa shape index (κ2) is 9.85. The number of rotatable bonds is 7. The highest BCUT2D eigenvalue weighted by Crippen LogP contribution is 2.37. The van der Waals surface area contributed by atoms with Crippen molar-refractivity contribution in [2.45, 2.75) is 58.0 Å². The monoisotopic (exact) mass is 491 g/mol. The maximum Gasteiger partial charge on any atom is 0.261 e. The molecule has 5 heterocycles. The Hall–Kier alpha value is -3.53. The average Bonchev–Trinajstić information content (AvgIpc) is 3.30. The van der Waals surface area contributed by atoms with Gasteiger partial charge in [-0.15, -0.1) is 0 Å². The second-order valence-electron chi connectivity index (χ2n) is 10.5. The lowest BCUT2D eigenvalue weighted by Gasteiger charge is -2.18. The van der Waals surface area contributed by atoms with Gasteiger partial charge in [-0.25, -0.2) is 14.5 Å². The molecule has 1 atom stereocenters. The van der Waals surface area contributed by atoms with Crippen LogP contribution in [0.5, 0.6) is 5.88 Å². The summed E-state index contributed by atoms with van der Waals surface area (Å²) >= 11 is 0. The first-order valence-electron chi connectivity index (χ1n) is 12.6. The van der Waals surface area contributed by atoms with E-state index in [1.807, 2.05) is 19.9 Å². The normalized spacial score (nSPS) is 19.4. The van der Waals surface area contributed by atoms with Crippen LogP contribution in [0.4, 0.5) is 5.69 Å². The molecule has 10 heteroatoms. The van der Waals surface area contributed by atoms with Crippen LogP contribution in [0, 0.1) is 5.92 Å². The van der Waals surface area contributed by atoms with Crippen LogP contribution in [0.1, 0.15) is 61.1 Å². The standard InChI is InChI=1S/C26H33N7O3/c1-26(2)14-18-13-21(30-24(35)19-15-29-33-11-4-9-28-23(19)33)20(31-25(18)36-26)7-6-17-5-3-10-32(12-8-17)16-22(27)34/h4,9,11,13,15,17H,3,5-8,10,12,14,16H2,1-2H3,(H2,27,34)(H,30,35)/t17-/m1/s1. The summed E-state index contributed by atoms with van der Waals surface area (Å²) in [4.78, 5) is 35.9. The first-order chi connectivity index (χ1) is 17.3. The molecular formula is C26H33N7O3. The van der Waals surface area contributed by atoms with Gasteiger partial charge in [0.1, 0.15) is 11.2 Å². The zero-order valence-electron chi connectivity index (χ0n) is 20.9. The lowest BCUT2D eigenvalue weighted by molar-refractivity contribution is -0.119. The molecule has 3 aromatic rings. The van der Waals surface area contributed by atoms with Crippen LogP contribution in [0.15, 0.2) is 30.7 Å². The molecule has 0 unspecified atom stereocenters. The van der Waals surface area contributed by atoms with Crippen LogP contribution in [-0.4, -0.2) is 61.5 Å². The topological polar surface area (TPSA) is 128 Å². The van der Waals surface area contributed by atoms with Gasteiger partial charge in [0, 0.05) is 24.4 Å². The SMILES string of the molecule is CC1(C)Cc2cc(NC(=O)c3cnn4cccnc34)c(CC[C@H]3CCCN(CC(N)=O)CC3)nc2O1. The number of amides is 2. The highest BCUT2D eigenvalue weighted by Gasteiger charge is 2.33. The Morgan fingerprint density at radius 2 is 2.14 bits per heavy atom. The highest BCUT2D eigenvalue weighted by atomic mass is 16.5. The molecule has 190 valence electrons. The van der Waals surface area contributed by atoms with Crippen LogP contribution in [0.2, 0.25) is 0 Å². The van der Waals surface area contributed by atoms with Gasteiger partial charge in [-0.05, 0) is 77.1 Å². The van der Waals surface area contributed by atoms with Crippen molar-refractivity contribution in [3.63, 3.8) is 0 Å². The molecule has 2 amide bonds. The first kappa shape index (κ1) is 24.2. The number of hydrogen-bond acceptors (Lipinski definition) is 7. The summed E-state index contributed by atoms with van der Waals surface area (Å²) in [6.07, 6.45) is 10.5. The third-order valence-corrected chi connectivity index (χ3v) is 7.01. The molecular weight excluding hydrogens is 458 g/mol. The molecule has 0 bridgehead atoms. The van der Waals surface area contributed by atoms with Crippen molar-refractivity contribution in [3.8, 4) is 5.88 Å². The lowest BCUT2D eigenvalue weighted by atomic mass is 9.93. The van der Waals surface area contributed by atoms with Gasteiger partial charge in [0.15, 0.2) is 5.65 Å². The van der Waals surface area contributed by atoms with E-state index in [1.165, 1.54) is 6.20 Å². The highest BCUT2D eigenvalue weighted by molar-refractivity contribution is 6.08. The van der Waals surface area contributed by atoms with Gasteiger partial charge in [0.25, 0.3) is 5.91 Å². The molecule has 10 nitrogen and oxygen atoms in total. The summed E-state index contributed by atoms with van der Waals surface area (Å²) in [6, 6.07) is 3.78. The summed E-state index contributed by atoms with van der Waals surface area (Å²) in [5.74, 6) is 0.628. The number of carbonyl (C=O) groups excluding carboxylic acids is 2. The number of anilines is 1. The zero-order valence-corrected chi connectivity index (χ0v) is 20.9. The summed E-state index contributed by atoms with van der Waals surface area (Å²) in [5.41, 5.74) is 8.50. The van der Waals surface area contributed by atoms with Gasteiger partial charge in [-0.3, -0.25) is 14.5 Å². The van der Waals surface area contributed by atoms with E-state index in [0.717, 1.165) is 62.9 Å². The molecule has 5 rings (SSSR count). The number of carbonyl (C=O) groups is 2. The number of fused-ring (bicyclic) bond motifs is 2. The molecule has 0 saturated carbocycles. The van der Waals surface area contributed by atoms with Crippen molar-refractivity contribution >= 4 is 23.1 Å². The number of nitrogens with two attached hydrogens (primary N) is 1. The molecule has 1 fully saturated rings. The molecule has 0 radical (unpaired) electrons. The van der Waals surface area contributed by atoms with Crippen LogP contribution < -0.4 is 15.8 Å². The Morgan fingerprint density at radius 1 is 1.28 bits per heavy atom. The Morgan fingerprint density at radius 3 is 2.97 bits per heavy atom. The molecule has 3 aromatic heterocycles. The van der Waals surface area contributed by atoms with Crippen molar-refractivity contribution in [1.82, 2.24) is 24.5 Å². The van der Waals surface area contributed by atoms with Crippen molar-refractivity contribution < 1.29 is 14.3 Å². The fourth-order valence-corrected chi connectivity index (χ4v) is 5.25. The van der Waals surface area contributed by atoms with E-state index in [0.29, 0.717) is 35.2 Å². The number of likely N-dealkylation sites (tertiary alicyclic amines) is 1. The lowest BCUT2D eigenvalue weighted by Crippen LogP contribution is -2.34. The number of ether oxygens (including phenoxy) is 1. The van der Waals surface area contributed by atoms with E-state index in [9.17, 15) is 9.59 Å². The molecule has 2 aliphatic rings. The van der Waals surface area contributed by atoms with Crippen LogP contribution >= 0.6 is 0 Å². The maximum atomic E-state index is 13.2. The smallest absolute Gasteiger partial charge is 0.261 e. The number of pyridine rings is 1. The summed E-state index contributed by atoms with van der Waals surface area (Å²) in [7, 11) is 0. The van der Waals surface area contributed by atoms with E-state index in [2.05, 4.69) is 20.3 Å². The van der Waals surface area contributed by atoms with E-state index in [-0.39, 0.29) is 17.4 Å². The van der Waals surface area contributed by atoms with Crippen molar-refractivity contribution in [2.75, 3.05) is 25.0 Å². The molecule has 0 spiro atoms. The summed E-state index contributed by atoms with van der Waals surface area (Å²) in [6.45, 7) is 6.17. The Labute approximate surface area is 210 Å². The predicted octanol–water partition coefficient (Wildman–Crippen LogP) is 2.61. The van der Waals surface area contributed by atoms with Gasteiger partial charge in [0.2, 0.25) is 11.8 Å². The van der Waals surface area contributed by atoms with Crippen molar-refractivity contribution in [2.24, 2.45) is 11.7 Å². The van der Waals surface area contributed by atoms with Gasteiger partial charge >= 0.3 is 0 Å². The Bertz CT molecular complexity index is 1290. The minimum atomic E-state index is -0.327. The quantitative estimate of drug-likeness (QED) is 0.520. The van der Waals surface area contributed by atoms with Gasteiger partial charge < -0.3 is 15.8 Å². The first-order valence-corrected chi connectivity index (χ1v) is 12.6. The number of nitrogens with one attached hydrogen (secondary N) is 1. The summed E-state index contributed by atoms with van der Waals surface area (Å²) < 4.78 is 7.67. The molecule has 2 aliphatic heterocycles. The third kappa shape index (κ3) is 5.33. The van der Waals surface area contributed by atoms with E-state index < -0.39 is 0 Å². The fourth-order valence-electron chi connectivity index (χ4n) is 5.25. The molecule has 36 heavy (non-hydrogen) atoms. The van der Waals surface area contributed by atoms with Crippen LogP contribution in [-0.2, 0) is 17.6 Å². The average molecular weight is 492 g/mol. The van der Waals surface area contributed by atoms with Gasteiger partial charge in [-0.2, -0.15) is 5.10 Å². The zero-order chi connectivity index (χ0) is 25.3. The van der Waals surface area contributed by atoms with Crippen LogP contribution in [0.3, 0.4) is 0 Å². The molecule has 0 aromatic carbocycles. The van der Waals surface area contributed by atoms with Gasteiger partial charge in [0.05, 0.1) is 24.1 Å². The number of primary amides is 1. The summed E-state index contributed by atoms with van der Waals surface area (Å²) in [5, 5.41) is 7.32. The maximum absolute atomic E-state index is 13.2.